The fourth-order valence-electron chi connectivity index (χ4n) is 1.73. The normalized spacial score (nSPS) is 16.8. The number of hydrogen-bond donors (Lipinski definition) is 2. The van der Waals surface area contributed by atoms with Gasteiger partial charge in [-0.05, 0) is 6.07 Å². The largest absolute Gasteiger partial charge is 0.473 e. The summed E-state index contributed by atoms with van der Waals surface area (Å²) >= 11 is 0. The molecule has 7 heteroatoms. The third-order valence-electron chi connectivity index (χ3n) is 2.66. The standard InChI is InChI=1S/C10H14N4O3/c11-8-1-2-9(13-12-8)17-7-3-5-14(6-4-7)10(15)16/h1-2,7H,3-6H2,(H2,11,12)(H,15,16). The minimum Gasteiger partial charge on any atom is -0.473 e. The Morgan fingerprint density at radius 1 is 1.41 bits per heavy atom. The predicted molar refractivity (Wildman–Crippen MR) is 59.7 cm³/mol. The second kappa shape index (κ2) is 4.86. The maximum Gasteiger partial charge on any atom is 0.407 e. The summed E-state index contributed by atoms with van der Waals surface area (Å²) in [4.78, 5) is 12.1. The van der Waals surface area contributed by atoms with Gasteiger partial charge in [-0.1, -0.05) is 0 Å². The summed E-state index contributed by atoms with van der Waals surface area (Å²) in [5.41, 5.74) is 5.41. The van der Waals surface area contributed by atoms with Crippen LogP contribution in [0.4, 0.5) is 10.6 Å². The number of aromatic nitrogens is 2. The summed E-state index contributed by atoms with van der Waals surface area (Å²) in [6, 6.07) is 3.28. The van der Waals surface area contributed by atoms with Crippen LogP contribution in [0, 0.1) is 0 Å². The molecule has 7 nitrogen and oxygen atoms in total. The van der Waals surface area contributed by atoms with Crippen molar-refractivity contribution in [3.05, 3.63) is 12.1 Å². The topological polar surface area (TPSA) is 102 Å². The maximum absolute atomic E-state index is 10.7. The lowest BCUT2D eigenvalue weighted by Gasteiger charge is -2.29. The predicted octanol–water partition coefficient (Wildman–Crippen LogP) is 0.580. The van der Waals surface area contributed by atoms with E-state index in [9.17, 15) is 4.79 Å². The molecule has 1 aromatic heterocycles. The van der Waals surface area contributed by atoms with E-state index in [4.69, 9.17) is 15.6 Å². The van der Waals surface area contributed by atoms with Crippen LogP contribution in [-0.4, -0.2) is 45.5 Å². The van der Waals surface area contributed by atoms with E-state index in [1.165, 1.54) is 4.90 Å². The zero-order valence-electron chi connectivity index (χ0n) is 9.24. The number of amides is 1. The number of anilines is 1. The van der Waals surface area contributed by atoms with Crippen LogP contribution < -0.4 is 10.5 Å². The summed E-state index contributed by atoms with van der Waals surface area (Å²) in [5.74, 6) is 0.769. The van der Waals surface area contributed by atoms with Gasteiger partial charge in [0.25, 0.3) is 0 Å². The average molecular weight is 238 g/mol. The van der Waals surface area contributed by atoms with Crippen LogP contribution in [0.5, 0.6) is 5.88 Å². The van der Waals surface area contributed by atoms with Gasteiger partial charge in [-0.3, -0.25) is 0 Å². The average Bonchev–Trinajstić information content (AvgIpc) is 2.33. The first-order chi connectivity index (χ1) is 8.15. The molecule has 0 radical (unpaired) electrons. The Hall–Kier alpha value is -2.05. The lowest BCUT2D eigenvalue weighted by atomic mass is 10.1. The smallest absolute Gasteiger partial charge is 0.407 e. The van der Waals surface area contributed by atoms with Gasteiger partial charge >= 0.3 is 6.09 Å². The highest BCUT2D eigenvalue weighted by Crippen LogP contribution is 2.16. The Bertz CT molecular complexity index is 387. The van der Waals surface area contributed by atoms with Gasteiger partial charge in [0.05, 0.1) is 0 Å². The van der Waals surface area contributed by atoms with E-state index in [-0.39, 0.29) is 6.10 Å². The molecular formula is C10H14N4O3. The highest BCUT2D eigenvalue weighted by molar-refractivity contribution is 5.65. The van der Waals surface area contributed by atoms with Crippen LogP contribution in [0.3, 0.4) is 0 Å². The Balaban J connectivity index is 1.85. The second-order valence-electron chi connectivity index (χ2n) is 3.88. The molecule has 1 aliphatic heterocycles. The van der Waals surface area contributed by atoms with E-state index in [0.717, 1.165) is 0 Å². The van der Waals surface area contributed by atoms with Gasteiger partial charge in [-0.15, -0.1) is 10.2 Å². The molecule has 17 heavy (non-hydrogen) atoms. The first-order valence-electron chi connectivity index (χ1n) is 5.39. The van der Waals surface area contributed by atoms with Crippen LogP contribution in [-0.2, 0) is 0 Å². The van der Waals surface area contributed by atoms with Crippen LogP contribution in [0.25, 0.3) is 0 Å². The van der Waals surface area contributed by atoms with Gasteiger partial charge in [0.1, 0.15) is 11.9 Å². The van der Waals surface area contributed by atoms with Crippen LogP contribution in [0.15, 0.2) is 12.1 Å². The number of nitrogens with two attached hydrogens (primary N) is 1. The SMILES string of the molecule is Nc1ccc(OC2CCN(C(=O)O)CC2)nn1. The molecule has 92 valence electrons. The van der Waals surface area contributed by atoms with E-state index >= 15 is 0 Å². The molecule has 1 amide bonds. The van der Waals surface area contributed by atoms with Crippen molar-refractivity contribution in [2.24, 2.45) is 0 Å². The molecule has 2 rings (SSSR count). The third kappa shape index (κ3) is 2.96. The van der Waals surface area contributed by atoms with Gasteiger partial charge in [-0.2, -0.15) is 0 Å². The fraction of sp³-hybridized carbons (Fsp3) is 0.500. The maximum atomic E-state index is 10.7. The van der Waals surface area contributed by atoms with Crippen LogP contribution in [0.1, 0.15) is 12.8 Å². The molecule has 0 bridgehead atoms. The van der Waals surface area contributed by atoms with Crippen molar-refractivity contribution in [1.29, 1.82) is 0 Å². The molecule has 1 aliphatic rings. The number of carboxylic acid groups (broad SMARTS) is 1. The fourth-order valence-corrected chi connectivity index (χ4v) is 1.73. The molecule has 2 heterocycles. The van der Waals surface area contributed by atoms with Crippen molar-refractivity contribution in [2.75, 3.05) is 18.8 Å². The number of rotatable bonds is 2. The number of ether oxygens (including phenoxy) is 1. The zero-order chi connectivity index (χ0) is 12.3. The van der Waals surface area contributed by atoms with Crippen molar-refractivity contribution in [2.45, 2.75) is 18.9 Å². The minimum absolute atomic E-state index is 0.0106. The number of hydrogen-bond acceptors (Lipinski definition) is 5. The molecule has 1 saturated heterocycles. The van der Waals surface area contributed by atoms with Gasteiger partial charge in [0.15, 0.2) is 0 Å². The molecular weight excluding hydrogens is 224 g/mol. The van der Waals surface area contributed by atoms with Crippen molar-refractivity contribution in [3.8, 4) is 5.88 Å². The highest BCUT2D eigenvalue weighted by atomic mass is 16.5. The van der Waals surface area contributed by atoms with E-state index < -0.39 is 6.09 Å². The third-order valence-corrected chi connectivity index (χ3v) is 2.66. The number of nitrogen functional groups attached to an aromatic ring is 1. The lowest BCUT2D eigenvalue weighted by Crippen LogP contribution is -2.41. The molecule has 0 spiro atoms. The first kappa shape index (κ1) is 11.4. The van der Waals surface area contributed by atoms with E-state index in [1.807, 2.05) is 0 Å². The monoisotopic (exact) mass is 238 g/mol. The van der Waals surface area contributed by atoms with Crippen LogP contribution >= 0.6 is 0 Å². The molecule has 0 unspecified atom stereocenters. The van der Waals surface area contributed by atoms with E-state index in [0.29, 0.717) is 37.6 Å². The Kier molecular flexibility index (Phi) is 3.27. The van der Waals surface area contributed by atoms with Crippen molar-refractivity contribution in [3.63, 3.8) is 0 Å². The van der Waals surface area contributed by atoms with Gasteiger partial charge in [0.2, 0.25) is 5.88 Å². The number of nitrogens with zero attached hydrogens (tertiary/aromatic N) is 3. The Morgan fingerprint density at radius 3 is 2.65 bits per heavy atom. The molecule has 0 aromatic carbocycles. The van der Waals surface area contributed by atoms with Crippen molar-refractivity contribution < 1.29 is 14.6 Å². The number of carbonyl (C=O) groups is 1. The Labute approximate surface area is 98.2 Å². The molecule has 1 aromatic rings. The van der Waals surface area contributed by atoms with Gasteiger partial charge in [-0.25, -0.2) is 4.79 Å². The number of likely N-dealkylation sites (tertiary alicyclic amines) is 1. The van der Waals surface area contributed by atoms with Crippen molar-refractivity contribution >= 4 is 11.9 Å². The lowest BCUT2D eigenvalue weighted by molar-refractivity contribution is 0.0865. The molecule has 0 saturated carbocycles. The molecule has 0 atom stereocenters. The quantitative estimate of drug-likeness (QED) is 0.781. The zero-order valence-corrected chi connectivity index (χ0v) is 9.24. The van der Waals surface area contributed by atoms with Crippen molar-refractivity contribution in [1.82, 2.24) is 15.1 Å². The molecule has 0 aliphatic carbocycles. The highest BCUT2D eigenvalue weighted by Gasteiger charge is 2.23. The summed E-state index contributed by atoms with van der Waals surface area (Å²) in [6.45, 7) is 0.977. The Morgan fingerprint density at radius 2 is 2.12 bits per heavy atom. The van der Waals surface area contributed by atoms with Crippen LogP contribution in [0.2, 0.25) is 0 Å². The molecule has 3 N–H and O–H groups in total. The number of piperidine rings is 1. The summed E-state index contributed by atoms with van der Waals surface area (Å²) in [5, 5.41) is 16.3. The first-order valence-corrected chi connectivity index (χ1v) is 5.39. The summed E-state index contributed by atoms with van der Waals surface area (Å²) in [7, 11) is 0. The van der Waals surface area contributed by atoms with E-state index in [2.05, 4.69) is 10.2 Å². The van der Waals surface area contributed by atoms with Gasteiger partial charge in [0, 0.05) is 32.0 Å². The van der Waals surface area contributed by atoms with Gasteiger partial charge < -0.3 is 20.5 Å². The molecule has 1 fully saturated rings. The minimum atomic E-state index is -0.879. The second-order valence-corrected chi connectivity index (χ2v) is 3.88. The summed E-state index contributed by atoms with van der Waals surface area (Å²) in [6.07, 6.45) is 0.440. The van der Waals surface area contributed by atoms with E-state index in [1.54, 1.807) is 12.1 Å². The summed E-state index contributed by atoms with van der Waals surface area (Å²) < 4.78 is 5.59.